The second-order valence-corrected chi connectivity index (χ2v) is 21.9. The van der Waals surface area contributed by atoms with Gasteiger partial charge >= 0.3 is 0 Å². The number of amides is 1. The van der Waals surface area contributed by atoms with Crippen molar-refractivity contribution in [2.75, 3.05) is 139 Å². The molecule has 0 aromatic rings. The van der Waals surface area contributed by atoms with Crippen molar-refractivity contribution in [3.63, 3.8) is 0 Å². The molecule has 57 heavy (non-hydrogen) atoms. The molecule has 5 rings (SSSR count). The van der Waals surface area contributed by atoms with E-state index in [-0.39, 0.29) is 5.41 Å². The third-order valence-corrected chi connectivity index (χ3v) is 11.7. The zero-order valence-electron chi connectivity index (χ0n) is 42.3. The second kappa shape index (κ2) is 26.5. The molecule has 0 spiro atoms. The average molecular weight is 810 g/mol. The number of nitrogens with one attached hydrogen (secondary N) is 1. The minimum absolute atomic E-state index is 0.197. The van der Waals surface area contributed by atoms with E-state index in [9.17, 15) is 4.79 Å². The highest BCUT2D eigenvalue weighted by atomic mass is 16.2. The lowest BCUT2D eigenvalue weighted by Gasteiger charge is -2.41. The molecule has 0 aliphatic carbocycles. The van der Waals surface area contributed by atoms with Crippen molar-refractivity contribution in [2.24, 2.45) is 5.41 Å². The summed E-state index contributed by atoms with van der Waals surface area (Å²) in [7, 11) is 6.58. The first-order chi connectivity index (χ1) is 26.1. The molecule has 5 aliphatic heterocycles. The van der Waals surface area contributed by atoms with Gasteiger partial charge in [-0.25, -0.2) is 0 Å². The molecule has 0 bridgehead atoms. The van der Waals surface area contributed by atoms with E-state index in [1.807, 2.05) is 39.5 Å². The van der Waals surface area contributed by atoms with E-state index in [0.717, 1.165) is 26.2 Å². The van der Waals surface area contributed by atoms with Crippen molar-refractivity contribution in [2.45, 2.75) is 159 Å². The van der Waals surface area contributed by atoms with Crippen LogP contribution >= 0.6 is 0 Å². The normalized spacial score (nSPS) is 22.1. The Balaban J connectivity index is 0.000000680. The van der Waals surface area contributed by atoms with Crippen molar-refractivity contribution >= 4 is 5.91 Å². The van der Waals surface area contributed by atoms with Gasteiger partial charge < -0.3 is 24.9 Å². The van der Waals surface area contributed by atoms with Crippen LogP contribution in [0.4, 0.5) is 0 Å². The highest BCUT2D eigenvalue weighted by molar-refractivity contribution is 5.81. The number of hydrogen-bond acceptors (Lipinski definition) is 9. The lowest BCUT2D eigenvalue weighted by molar-refractivity contribution is -0.140. The van der Waals surface area contributed by atoms with E-state index < -0.39 is 0 Å². The number of carbonyl (C=O) groups excluding carboxylic acids is 1. The van der Waals surface area contributed by atoms with E-state index in [1.54, 1.807) is 0 Å². The number of nitrogens with zero attached hydrogens (tertiary/aromatic N) is 8. The van der Waals surface area contributed by atoms with Crippen LogP contribution in [0.25, 0.3) is 0 Å². The molecule has 0 atom stereocenters. The highest BCUT2D eigenvalue weighted by Crippen LogP contribution is 2.21. The number of carbonyl (C=O) groups is 1. The Hall–Kier alpha value is -0.850. The van der Waals surface area contributed by atoms with Gasteiger partial charge in [0.2, 0.25) is 5.91 Å². The highest BCUT2D eigenvalue weighted by Gasteiger charge is 2.28. The van der Waals surface area contributed by atoms with Crippen molar-refractivity contribution in [3.8, 4) is 0 Å². The Morgan fingerprint density at radius 3 is 0.825 bits per heavy atom. The van der Waals surface area contributed by atoms with Gasteiger partial charge in [-0.3, -0.25) is 24.4 Å². The lowest BCUT2D eigenvalue weighted by Crippen LogP contribution is -2.52. The molecule has 5 saturated heterocycles. The topological polar surface area (TPSA) is 55.0 Å². The molecule has 1 N–H and O–H groups in total. The maximum Gasteiger partial charge on any atom is 0.227 e. The molecule has 0 radical (unpaired) electrons. The fourth-order valence-corrected chi connectivity index (χ4v) is 7.34. The Kier molecular flexibility index (Phi) is 26.1. The van der Waals surface area contributed by atoms with Gasteiger partial charge in [-0.05, 0) is 123 Å². The summed E-state index contributed by atoms with van der Waals surface area (Å²) in [6.07, 6.45) is 3.65. The molecule has 5 aliphatic rings. The summed E-state index contributed by atoms with van der Waals surface area (Å²) in [5, 5.41) is 3.35. The van der Waals surface area contributed by atoms with Crippen molar-refractivity contribution in [1.82, 2.24) is 44.5 Å². The molecule has 342 valence electrons. The second-order valence-electron chi connectivity index (χ2n) is 21.9. The summed E-state index contributed by atoms with van der Waals surface area (Å²) in [5.41, 5.74) is 1.25. The SMILES string of the molecule is CC.CC(C)(C)C(=O)N1CCCCC1.CC(C)(C)N1CCNCC1.CN1CCN(C(C)(C)C)CC1.CN1CCN(C(C)(C)C)CC1.CN1CCN(C(C)(C)C)CC1. The predicted molar refractivity (Wildman–Crippen MR) is 252 cm³/mol. The summed E-state index contributed by atoms with van der Waals surface area (Å²) < 4.78 is 0. The first kappa shape index (κ1) is 56.1. The first-order valence-corrected chi connectivity index (χ1v) is 23.2. The Labute approximate surface area is 357 Å². The Morgan fingerprint density at radius 2 is 0.614 bits per heavy atom. The molecule has 10 heteroatoms. The monoisotopic (exact) mass is 810 g/mol. The van der Waals surface area contributed by atoms with Gasteiger partial charge in [-0.15, -0.1) is 0 Å². The van der Waals surface area contributed by atoms with E-state index in [0.29, 0.717) is 28.1 Å². The molecular formula is C47H103N9O. The minimum atomic E-state index is -0.197. The maximum absolute atomic E-state index is 11.7. The molecule has 0 unspecified atom stereocenters. The molecule has 5 heterocycles. The molecular weight excluding hydrogens is 707 g/mol. The Morgan fingerprint density at radius 1 is 0.368 bits per heavy atom. The van der Waals surface area contributed by atoms with Gasteiger partial charge in [0.15, 0.2) is 0 Å². The third-order valence-electron chi connectivity index (χ3n) is 11.7. The Bertz CT molecular complexity index is 922. The predicted octanol–water partition coefficient (Wildman–Crippen LogP) is 6.86. The fourth-order valence-electron chi connectivity index (χ4n) is 7.34. The number of rotatable bonds is 0. The summed E-state index contributed by atoms with van der Waals surface area (Å²) in [5.74, 6) is 0.308. The van der Waals surface area contributed by atoms with Crippen LogP contribution in [0.3, 0.4) is 0 Å². The zero-order valence-corrected chi connectivity index (χ0v) is 42.3. The van der Waals surface area contributed by atoms with E-state index in [1.165, 1.54) is 111 Å². The number of hydrogen-bond donors (Lipinski definition) is 1. The van der Waals surface area contributed by atoms with E-state index >= 15 is 0 Å². The number of likely N-dealkylation sites (tertiary alicyclic amines) is 1. The third kappa shape index (κ3) is 24.9. The van der Waals surface area contributed by atoms with Crippen LogP contribution < -0.4 is 5.32 Å². The summed E-state index contributed by atoms with van der Waals surface area (Å²) >= 11 is 0. The molecule has 10 nitrogen and oxygen atoms in total. The van der Waals surface area contributed by atoms with Gasteiger partial charge in [-0.1, -0.05) is 34.6 Å². The zero-order chi connectivity index (χ0) is 44.3. The molecule has 0 saturated carbocycles. The largest absolute Gasteiger partial charge is 0.342 e. The van der Waals surface area contributed by atoms with Crippen LogP contribution in [0.1, 0.15) is 137 Å². The number of piperidine rings is 1. The lowest BCUT2D eigenvalue weighted by atomic mass is 9.93. The van der Waals surface area contributed by atoms with Crippen LogP contribution in [-0.2, 0) is 4.79 Å². The van der Waals surface area contributed by atoms with Gasteiger partial charge in [0.1, 0.15) is 0 Å². The van der Waals surface area contributed by atoms with Crippen LogP contribution in [0.15, 0.2) is 0 Å². The van der Waals surface area contributed by atoms with E-state index in [4.69, 9.17) is 0 Å². The smallest absolute Gasteiger partial charge is 0.227 e. The first-order valence-electron chi connectivity index (χ1n) is 23.2. The van der Waals surface area contributed by atoms with Crippen LogP contribution in [-0.4, -0.2) is 206 Å². The molecule has 5 fully saturated rings. The standard InChI is InChI=1S/C10H19NO.3C9H20N2.C8H18N2.C2H6/c1-10(2,3)9(12)11-7-5-4-6-8-11;3*1-9(2,3)11-7-5-10(4)6-8-11;1-8(2,3)10-6-4-9-5-7-10;1-2/h4-8H2,1-3H3;3*5-8H2,1-4H3;9H,4-7H2,1-3H3;1-2H3. The number of likely N-dealkylation sites (N-methyl/N-ethyl adjacent to an activating group) is 3. The van der Waals surface area contributed by atoms with Gasteiger partial charge in [-0.2, -0.15) is 0 Å². The van der Waals surface area contributed by atoms with Crippen molar-refractivity contribution < 1.29 is 4.79 Å². The minimum Gasteiger partial charge on any atom is -0.342 e. The summed E-state index contributed by atoms with van der Waals surface area (Å²) in [4.78, 5) is 31.1. The summed E-state index contributed by atoms with van der Waals surface area (Å²) in [6, 6.07) is 0. The van der Waals surface area contributed by atoms with Gasteiger partial charge in [0.05, 0.1) is 0 Å². The summed E-state index contributed by atoms with van der Waals surface area (Å²) in [6.45, 7) is 58.7. The van der Waals surface area contributed by atoms with Crippen molar-refractivity contribution in [3.05, 3.63) is 0 Å². The fraction of sp³-hybridized carbons (Fsp3) is 0.979. The van der Waals surface area contributed by atoms with Gasteiger partial charge in [0.25, 0.3) is 0 Å². The van der Waals surface area contributed by atoms with Gasteiger partial charge in [0, 0.05) is 145 Å². The van der Waals surface area contributed by atoms with Crippen LogP contribution in [0.2, 0.25) is 0 Å². The molecule has 0 aromatic carbocycles. The quantitative estimate of drug-likeness (QED) is 0.283. The molecule has 1 amide bonds. The van der Waals surface area contributed by atoms with E-state index in [2.05, 4.69) is 144 Å². The average Bonchev–Trinajstić information content (AvgIpc) is 3.13. The van der Waals surface area contributed by atoms with Crippen LogP contribution in [0, 0.1) is 5.41 Å². The van der Waals surface area contributed by atoms with Crippen LogP contribution in [0.5, 0.6) is 0 Å². The number of piperazine rings is 4. The van der Waals surface area contributed by atoms with Crippen molar-refractivity contribution in [1.29, 1.82) is 0 Å². The maximum atomic E-state index is 11.7. The molecule has 0 aromatic heterocycles.